The van der Waals surface area contributed by atoms with E-state index >= 15 is 0 Å². The Balaban J connectivity index is 1.68. The summed E-state index contributed by atoms with van der Waals surface area (Å²) in [7, 11) is 0. The molecular formula is C17H34S. The summed E-state index contributed by atoms with van der Waals surface area (Å²) in [6.45, 7) is 0. The van der Waals surface area contributed by atoms with E-state index in [9.17, 15) is 0 Å². The van der Waals surface area contributed by atoms with Gasteiger partial charge >= 0.3 is 0 Å². The van der Waals surface area contributed by atoms with Crippen LogP contribution in [0.25, 0.3) is 0 Å². The smallest absolute Gasteiger partial charge is 0.00703 e. The van der Waals surface area contributed by atoms with E-state index < -0.39 is 0 Å². The second-order valence-electron chi connectivity index (χ2n) is 6.11. The topological polar surface area (TPSA) is 0 Å². The molecule has 1 aliphatic carbocycles. The molecule has 0 atom stereocenters. The molecular weight excluding hydrogens is 236 g/mol. The molecule has 0 radical (unpaired) electrons. The summed E-state index contributed by atoms with van der Waals surface area (Å²) in [5.41, 5.74) is 0. The summed E-state index contributed by atoms with van der Waals surface area (Å²) in [6.07, 6.45) is 23.2. The number of hydrogen-bond acceptors (Lipinski definition) is 1. The lowest BCUT2D eigenvalue weighted by molar-refractivity contribution is 0.460. The highest BCUT2D eigenvalue weighted by Crippen LogP contribution is 2.29. The molecule has 0 nitrogen and oxygen atoms in total. The Morgan fingerprint density at radius 1 is 0.722 bits per heavy atom. The van der Waals surface area contributed by atoms with E-state index in [1.807, 2.05) is 11.8 Å². The molecule has 0 spiro atoms. The standard InChI is InChI=1S/C17H34S/c1-18-16-12-8-6-4-2-3-5-7-9-13-17-14-10-11-15-17/h17H,2-16H2,1H3. The van der Waals surface area contributed by atoms with Gasteiger partial charge in [-0.05, 0) is 24.3 Å². The summed E-state index contributed by atoms with van der Waals surface area (Å²) >= 11 is 1.99. The Labute approximate surface area is 120 Å². The van der Waals surface area contributed by atoms with E-state index in [4.69, 9.17) is 0 Å². The maximum atomic E-state index is 2.21. The molecule has 18 heavy (non-hydrogen) atoms. The minimum atomic E-state index is 1.11. The highest BCUT2D eigenvalue weighted by Gasteiger charge is 2.13. The third-order valence-electron chi connectivity index (χ3n) is 4.44. The van der Waals surface area contributed by atoms with Crippen molar-refractivity contribution in [2.45, 2.75) is 89.9 Å². The van der Waals surface area contributed by atoms with Crippen LogP contribution in [0.3, 0.4) is 0 Å². The van der Waals surface area contributed by atoms with Crippen molar-refractivity contribution in [3.05, 3.63) is 0 Å². The van der Waals surface area contributed by atoms with Crippen molar-refractivity contribution in [1.82, 2.24) is 0 Å². The summed E-state index contributed by atoms with van der Waals surface area (Å²) < 4.78 is 0. The number of thioether (sulfide) groups is 1. The Morgan fingerprint density at radius 3 is 1.78 bits per heavy atom. The van der Waals surface area contributed by atoms with E-state index in [-0.39, 0.29) is 0 Å². The third kappa shape index (κ3) is 9.30. The first kappa shape index (κ1) is 16.4. The number of unbranched alkanes of at least 4 members (excludes halogenated alkanes) is 8. The first-order chi connectivity index (χ1) is 8.93. The zero-order valence-corrected chi connectivity index (χ0v) is 13.4. The van der Waals surface area contributed by atoms with Gasteiger partial charge in [-0.2, -0.15) is 11.8 Å². The van der Waals surface area contributed by atoms with Crippen LogP contribution < -0.4 is 0 Å². The van der Waals surface area contributed by atoms with Gasteiger partial charge in [0, 0.05) is 0 Å². The van der Waals surface area contributed by atoms with E-state index in [0.717, 1.165) is 5.92 Å². The van der Waals surface area contributed by atoms with Gasteiger partial charge in [0.05, 0.1) is 0 Å². The van der Waals surface area contributed by atoms with Gasteiger partial charge in [-0.25, -0.2) is 0 Å². The number of hydrogen-bond donors (Lipinski definition) is 0. The predicted octanol–water partition coefficient (Wildman–Crippen LogP) is 6.44. The molecule has 0 bridgehead atoms. The van der Waals surface area contributed by atoms with Gasteiger partial charge in [-0.1, -0.05) is 83.5 Å². The molecule has 1 fully saturated rings. The lowest BCUT2D eigenvalue weighted by atomic mass is 9.99. The van der Waals surface area contributed by atoms with Gasteiger partial charge in [0.25, 0.3) is 0 Å². The SMILES string of the molecule is CSCCCCCCCCCCCC1CCCC1. The largest absolute Gasteiger partial charge is 0.165 e. The monoisotopic (exact) mass is 270 g/mol. The van der Waals surface area contributed by atoms with Crippen LogP contribution in [0.2, 0.25) is 0 Å². The Morgan fingerprint density at radius 2 is 1.22 bits per heavy atom. The van der Waals surface area contributed by atoms with Gasteiger partial charge in [0.2, 0.25) is 0 Å². The predicted molar refractivity (Wildman–Crippen MR) is 86.5 cm³/mol. The van der Waals surface area contributed by atoms with Gasteiger partial charge in [-0.3, -0.25) is 0 Å². The van der Waals surface area contributed by atoms with Crippen molar-refractivity contribution in [2.75, 3.05) is 12.0 Å². The highest BCUT2D eigenvalue weighted by atomic mass is 32.2. The molecule has 1 heteroatoms. The van der Waals surface area contributed by atoms with Gasteiger partial charge in [0.15, 0.2) is 0 Å². The molecule has 0 aromatic carbocycles. The molecule has 0 aromatic heterocycles. The normalized spacial score (nSPS) is 16.5. The van der Waals surface area contributed by atoms with Crippen molar-refractivity contribution >= 4 is 11.8 Å². The number of rotatable bonds is 12. The van der Waals surface area contributed by atoms with Crippen molar-refractivity contribution in [3.8, 4) is 0 Å². The molecule has 0 unspecified atom stereocenters. The molecule has 1 aliphatic rings. The third-order valence-corrected chi connectivity index (χ3v) is 5.13. The van der Waals surface area contributed by atoms with Crippen LogP contribution in [-0.4, -0.2) is 12.0 Å². The maximum Gasteiger partial charge on any atom is -0.00703 e. The lowest BCUT2D eigenvalue weighted by Crippen LogP contribution is -1.92. The van der Waals surface area contributed by atoms with Gasteiger partial charge in [-0.15, -0.1) is 0 Å². The van der Waals surface area contributed by atoms with Crippen LogP contribution in [0.4, 0.5) is 0 Å². The Hall–Kier alpha value is 0.350. The summed E-state index contributed by atoms with van der Waals surface area (Å²) in [4.78, 5) is 0. The first-order valence-electron chi connectivity index (χ1n) is 8.42. The fraction of sp³-hybridized carbons (Fsp3) is 1.00. The van der Waals surface area contributed by atoms with Crippen LogP contribution in [0.1, 0.15) is 89.9 Å². The van der Waals surface area contributed by atoms with Crippen molar-refractivity contribution in [1.29, 1.82) is 0 Å². The zero-order valence-electron chi connectivity index (χ0n) is 12.6. The summed E-state index contributed by atoms with van der Waals surface area (Å²) in [5.74, 6) is 2.47. The van der Waals surface area contributed by atoms with Crippen LogP contribution >= 0.6 is 11.8 Å². The van der Waals surface area contributed by atoms with E-state index in [0.29, 0.717) is 0 Å². The van der Waals surface area contributed by atoms with Crippen LogP contribution in [0.15, 0.2) is 0 Å². The summed E-state index contributed by atoms with van der Waals surface area (Å²) in [6, 6.07) is 0. The molecule has 1 rings (SSSR count). The van der Waals surface area contributed by atoms with Crippen LogP contribution in [-0.2, 0) is 0 Å². The van der Waals surface area contributed by atoms with E-state index in [2.05, 4.69) is 6.26 Å². The molecule has 0 saturated heterocycles. The molecule has 0 N–H and O–H groups in total. The fourth-order valence-corrected chi connectivity index (χ4v) is 3.71. The molecule has 0 aliphatic heterocycles. The summed E-state index contributed by atoms with van der Waals surface area (Å²) in [5, 5.41) is 0. The Bertz CT molecular complexity index is 161. The second-order valence-corrected chi connectivity index (χ2v) is 7.10. The molecule has 1 saturated carbocycles. The van der Waals surface area contributed by atoms with Crippen LogP contribution in [0, 0.1) is 5.92 Å². The molecule has 0 heterocycles. The molecule has 0 aromatic rings. The minimum Gasteiger partial charge on any atom is -0.165 e. The van der Waals surface area contributed by atoms with E-state index in [1.54, 1.807) is 0 Å². The molecule has 108 valence electrons. The first-order valence-corrected chi connectivity index (χ1v) is 9.82. The average molecular weight is 271 g/mol. The molecule has 0 amide bonds. The Kier molecular flexibility index (Phi) is 11.3. The maximum absolute atomic E-state index is 2.21. The fourth-order valence-electron chi connectivity index (χ4n) is 3.22. The average Bonchev–Trinajstić information content (AvgIpc) is 2.89. The quantitative estimate of drug-likeness (QED) is 0.368. The van der Waals surface area contributed by atoms with Crippen LogP contribution in [0.5, 0.6) is 0 Å². The lowest BCUT2D eigenvalue weighted by Gasteiger charge is -2.07. The minimum absolute atomic E-state index is 1.11. The second kappa shape index (κ2) is 12.4. The van der Waals surface area contributed by atoms with Gasteiger partial charge < -0.3 is 0 Å². The van der Waals surface area contributed by atoms with Gasteiger partial charge in [0.1, 0.15) is 0 Å². The zero-order chi connectivity index (χ0) is 12.9. The van der Waals surface area contributed by atoms with Crippen molar-refractivity contribution < 1.29 is 0 Å². The van der Waals surface area contributed by atoms with Crippen molar-refractivity contribution in [2.24, 2.45) is 5.92 Å². The van der Waals surface area contributed by atoms with E-state index in [1.165, 1.54) is 95.6 Å². The highest BCUT2D eigenvalue weighted by molar-refractivity contribution is 7.98. The van der Waals surface area contributed by atoms with Crippen molar-refractivity contribution in [3.63, 3.8) is 0 Å².